The fourth-order valence-electron chi connectivity index (χ4n) is 2.68. The van der Waals surface area contributed by atoms with Crippen molar-refractivity contribution in [2.75, 3.05) is 0 Å². The average molecular weight is 280 g/mol. The minimum atomic E-state index is -1.59. The lowest BCUT2D eigenvalue weighted by Gasteiger charge is -2.20. The lowest BCUT2D eigenvalue weighted by Crippen LogP contribution is -2.24. The molecule has 20 heavy (non-hydrogen) atoms. The predicted octanol–water partition coefficient (Wildman–Crippen LogP) is 5.02. The molecule has 0 N–H and O–H groups in total. The van der Waals surface area contributed by atoms with E-state index in [1.165, 1.54) is 16.7 Å². The highest BCUT2D eigenvalue weighted by molar-refractivity contribution is 6.70. The molecule has 2 aromatic rings. The quantitative estimate of drug-likeness (QED) is 0.717. The second-order valence-electron chi connectivity index (χ2n) is 6.22. The number of allylic oxidation sites excluding steroid dienone is 1. The van der Waals surface area contributed by atoms with Gasteiger partial charge in [-0.25, -0.2) is 0 Å². The minimum Gasteiger partial charge on any atom is -0.544 e. The van der Waals surface area contributed by atoms with E-state index in [4.69, 9.17) is 4.43 Å². The van der Waals surface area contributed by atoms with E-state index in [1.807, 2.05) is 0 Å². The van der Waals surface area contributed by atoms with Crippen molar-refractivity contribution in [1.82, 2.24) is 0 Å². The lowest BCUT2D eigenvalue weighted by atomic mass is 9.93. The van der Waals surface area contributed by atoms with Crippen LogP contribution in [0.5, 0.6) is 0 Å². The second-order valence-corrected chi connectivity index (χ2v) is 10.6. The third-order valence-corrected chi connectivity index (χ3v) is 4.29. The van der Waals surface area contributed by atoms with Crippen molar-refractivity contribution >= 4 is 14.1 Å². The Morgan fingerprint density at radius 3 is 2.20 bits per heavy atom. The zero-order chi connectivity index (χ0) is 14.2. The molecule has 0 saturated carbocycles. The highest BCUT2D eigenvalue weighted by Gasteiger charge is 2.28. The molecule has 0 aromatic heterocycles. The van der Waals surface area contributed by atoms with Crippen LogP contribution in [0.2, 0.25) is 19.6 Å². The van der Waals surface area contributed by atoms with Crippen LogP contribution in [0.4, 0.5) is 0 Å². The topological polar surface area (TPSA) is 9.23 Å². The van der Waals surface area contributed by atoms with Gasteiger partial charge < -0.3 is 4.43 Å². The van der Waals surface area contributed by atoms with E-state index in [2.05, 4.69) is 80.3 Å². The first-order chi connectivity index (χ1) is 9.54. The molecular formula is C18H20OSi. The smallest absolute Gasteiger partial charge is 0.242 e. The maximum Gasteiger partial charge on any atom is 0.242 e. The second kappa shape index (κ2) is 4.95. The summed E-state index contributed by atoms with van der Waals surface area (Å²) >= 11 is 0. The molecule has 2 aromatic carbocycles. The Bertz CT molecular complexity index is 638. The lowest BCUT2D eigenvalue weighted by molar-refractivity contribution is 0.515. The van der Waals surface area contributed by atoms with E-state index in [0.717, 1.165) is 5.76 Å². The molecule has 1 atom stereocenters. The van der Waals surface area contributed by atoms with Crippen LogP contribution in [0.1, 0.15) is 22.6 Å². The van der Waals surface area contributed by atoms with Crippen LogP contribution in [0.15, 0.2) is 60.7 Å². The van der Waals surface area contributed by atoms with Crippen LogP contribution < -0.4 is 0 Å². The summed E-state index contributed by atoms with van der Waals surface area (Å²) < 4.78 is 6.28. The molecule has 2 heteroatoms. The fourth-order valence-corrected chi connectivity index (χ4v) is 3.52. The van der Waals surface area contributed by atoms with E-state index < -0.39 is 8.32 Å². The van der Waals surface area contributed by atoms with E-state index in [0.29, 0.717) is 5.92 Å². The van der Waals surface area contributed by atoms with Gasteiger partial charge in [0, 0.05) is 11.5 Å². The summed E-state index contributed by atoms with van der Waals surface area (Å²) in [6.45, 7) is 6.69. The summed E-state index contributed by atoms with van der Waals surface area (Å²) in [5, 5.41) is 0. The monoisotopic (exact) mass is 280 g/mol. The largest absolute Gasteiger partial charge is 0.544 e. The van der Waals surface area contributed by atoms with Crippen LogP contribution >= 0.6 is 0 Å². The molecule has 0 heterocycles. The Morgan fingerprint density at radius 2 is 1.50 bits per heavy atom. The molecule has 1 aliphatic rings. The van der Waals surface area contributed by atoms with E-state index in [-0.39, 0.29) is 0 Å². The highest BCUT2D eigenvalue weighted by Crippen LogP contribution is 2.41. The first-order valence-electron chi connectivity index (χ1n) is 7.10. The van der Waals surface area contributed by atoms with E-state index in [9.17, 15) is 0 Å². The van der Waals surface area contributed by atoms with Crippen molar-refractivity contribution in [2.45, 2.75) is 25.6 Å². The summed E-state index contributed by atoms with van der Waals surface area (Å²) in [5.74, 6) is 1.38. The number of rotatable bonds is 3. The first kappa shape index (κ1) is 13.2. The van der Waals surface area contributed by atoms with Crippen molar-refractivity contribution in [2.24, 2.45) is 0 Å². The highest BCUT2D eigenvalue weighted by atomic mass is 28.4. The average Bonchev–Trinajstić information content (AvgIpc) is 2.77. The molecule has 0 radical (unpaired) electrons. The van der Waals surface area contributed by atoms with Gasteiger partial charge >= 0.3 is 0 Å². The SMILES string of the molecule is C[Si](C)(C)OC1=C[C@@H](c2ccccc2)c2ccccc21. The van der Waals surface area contributed by atoms with Gasteiger partial charge in [-0.3, -0.25) is 0 Å². The molecule has 1 aliphatic carbocycles. The van der Waals surface area contributed by atoms with Crippen LogP contribution in [0.25, 0.3) is 5.76 Å². The van der Waals surface area contributed by atoms with Crippen LogP contribution in [-0.4, -0.2) is 8.32 Å². The Kier molecular flexibility index (Phi) is 3.26. The van der Waals surface area contributed by atoms with Gasteiger partial charge in [-0.2, -0.15) is 0 Å². The van der Waals surface area contributed by atoms with Crippen LogP contribution in [0.3, 0.4) is 0 Å². The van der Waals surface area contributed by atoms with E-state index in [1.54, 1.807) is 0 Å². The maximum absolute atomic E-state index is 6.28. The van der Waals surface area contributed by atoms with Crippen molar-refractivity contribution in [1.29, 1.82) is 0 Å². The normalized spacial score (nSPS) is 17.6. The Hall–Kier alpha value is -1.80. The van der Waals surface area contributed by atoms with Crippen molar-refractivity contribution in [3.05, 3.63) is 77.4 Å². The summed E-state index contributed by atoms with van der Waals surface area (Å²) in [5.41, 5.74) is 3.94. The van der Waals surface area contributed by atoms with Gasteiger partial charge in [0.2, 0.25) is 8.32 Å². The number of hydrogen-bond acceptors (Lipinski definition) is 1. The molecule has 0 aliphatic heterocycles. The zero-order valence-electron chi connectivity index (χ0n) is 12.3. The van der Waals surface area contributed by atoms with Crippen molar-refractivity contribution in [3.63, 3.8) is 0 Å². The first-order valence-corrected chi connectivity index (χ1v) is 10.5. The fraction of sp³-hybridized carbons (Fsp3) is 0.222. The van der Waals surface area contributed by atoms with Gasteiger partial charge in [0.15, 0.2) is 0 Å². The van der Waals surface area contributed by atoms with E-state index >= 15 is 0 Å². The number of hydrogen-bond donors (Lipinski definition) is 0. The van der Waals surface area contributed by atoms with Gasteiger partial charge in [-0.15, -0.1) is 0 Å². The van der Waals surface area contributed by atoms with Gasteiger partial charge in [0.05, 0.1) is 0 Å². The Balaban J connectivity index is 2.05. The van der Waals surface area contributed by atoms with Gasteiger partial charge in [-0.1, -0.05) is 54.6 Å². The standard InChI is InChI=1S/C18H20OSi/c1-20(2,3)19-18-13-17(14-9-5-4-6-10-14)15-11-7-8-12-16(15)18/h4-13,17H,1-3H3/t17-/m0/s1. The third-order valence-electron chi connectivity index (χ3n) is 3.45. The minimum absolute atomic E-state index is 0.318. The Morgan fingerprint density at radius 1 is 0.850 bits per heavy atom. The summed E-state index contributed by atoms with van der Waals surface area (Å²) in [6.07, 6.45) is 2.28. The molecule has 0 fully saturated rings. The molecular weight excluding hydrogens is 260 g/mol. The Labute approximate surface area is 122 Å². The van der Waals surface area contributed by atoms with Crippen molar-refractivity contribution in [3.8, 4) is 0 Å². The molecule has 0 unspecified atom stereocenters. The number of fused-ring (bicyclic) bond motifs is 1. The molecule has 102 valence electrons. The molecule has 1 nitrogen and oxygen atoms in total. The summed E-state index contributed by atoms with van der Waals surface area (Å²) in [6, 6.07) is 19.2. The predicted molar refractivity (Wildman–Crippen MR) is 87.1 cm³/mol. The third kappa shape index (κ3) is 2.56. The summed E-state index contributed by atoms with van der Waals surface area (Å²) in [7, 11) is -1.59. The van der Waals surface area contributed by atoms with Gasteiger partial charge in [0.1, 0.15) is 5.76 Å². The van der Waals surface area contributed by atoms with Gasteiger partial charge in [-0.05, 0) is 36.8 Å². The summed E-state index contributed by atoms with van der Waals surface area (Å²) in [4.78, 5) is 0. The molecule has 0 saturated heterocycles. The van der Waals surface area contributed by atoms with Crippen LogP contribution in [-0.2, 0) is 4.43 Å². The molecule has 0 spiro atoms. The van der Waals surface area contributed by atoms with Crippen molar-refractivity contribution < 1.29 is 4.43 Å². The zero-order valence-corrected chi connectivity index (χ0v) is 13.3. The molecule has 0 bridgehead atoms. The van der Waals surface area contributed by atoms with Gasteiger partial charge in [0.25, 0.3) is 0 Å². The number of benzene rings is 2. The van der Waals surface area contributed by atoms with Crippen LogP contribution in [0, 0.1) is 0 Å². The maximum atomic E-state index is 6.28. The molecule has 3 rings (SSSR count). The molecule has 0 amide bonds.